The van der Waals surface area contributed by atoms with Gasteiger partial charge in [0.2, 0.25) is 5.69 Å². The molecule has 1 aromatic rings. The fourth-order valence-electron chi connectivity index (χ4n) is 1.50. The number of halogens is 2. The molecule has 20 heavy (non-hydrogen) atoms. The smallest absolute Gasteiger partial charge is 0.372 e. The highest BCUT2D eigenvalue weighted by Crippen LogP contribution is 2.32. The molecule has 110 valence electrons. The fourth-order valence-corrected chi connectivity index (χ4v) is 1.50. The number of methoxy groups -OCH3 is 1. The monoisotopic (exact) mass is 290 g/mol. The second kappa shape index (κ2) is 6.73. The number of carbonyl (C=O) groups is 1. The second-order valence-corrected chi connectivity index (χ2v) is 3.59. The van der Waals surface area contributed by atoms with E-state index < -0.39 is 35.1 Å². The van der Waals surface area contributed by atoms with Crippen LogP contribution in [0.5, 0.6) is 5.75 Å². The van der Waals surface area contributed by atoms with E-state index in [2.05, 4.69) is 9.72 Å². The summed E-state index contributed by atoms with van der Waals surface area (Å²) in [6, 6.07) is 0.810. The van der Waals surface area contributed by atoms with Gasteiger partial charge < -0.3 is 19.6 Å². The summed E-state index contributed by atoms with van der Waals surface area (Å²) < 4.78 is 34.9. The molecule has 0 amide bonds. The normalized spacial score (nSPS) is 10.4. The third kappa shape index (κ3) is 3.59. The van der Waals surface area contributed by atoms with Gasteiger partial charge in [-0.05, 0) is 16.8 Å². The van der Waals surface area contributed by atoms with Gasteiger partial charge in [0, 0.05) is 6.07 Å². The Morgan fingerprint density at radius 1 is 1.55 bits per heavy atom. The molecule has 0 radical (unpaired) electrons. The minimum absolute atomic E-state index is 0.123. The van der Waals surface area contributed by atoms with Crippen LogP contribution in [0, 0.1) is 10.1 Å². The summed E-state index contributed by atoms with van der Waals surface area (Å²) in [5.41, 5.74) is -0.985. The van der Waals surface area contributed by atoms with Crippen LogP contribution in [-0.4, -0.2) is 29.6 Å². The third-order valence-electron chi connectivity index (χ3n) is 2.32. The van der Waals surface area contributed by atoms with E-state index in [1.807, 2.05) is 0 Å². The Morgan fingerprint density at radius 2 is 2.20 bits per heavy atom. The van der Waals surface area contributed by atoms with Gasteiger partial charge in [0.1, 0.15) is 12.0 Å². The van der Waals surface area contributed by atoms with Gasteiger partial charge in [-0.3, -0.25) is 4.79 Å². The summed E-state index contributed by atoms with van der Waals surface area (Å²) in [4.78, 5) is 24.5. The van der Waals surface area contributed by atoms with Gasteiger partial charge in [-0.2, -0.15) is 0 Å². The topological polar surface area (TPSA) is 91.6 Å². The Labute approximate surface area is 112 Å². The lowest BCUT2D eigenvalue weighted by Crippen LogP contribution is -2.12. The van der Waals surface area contributed by atoms with E-state index in [1.165, 1.54) is 7.11 Å². The molecule has 9 heteroatoms. The van der Waals surface area contributed by atoms with Gasteiger partial charge in [-0.1, -0.05) is 0 Å². The van der Waals surface area contributed by atoms with Crippen molar-refractivity contribution in [2.45, 2.75) is 19.8 Å². The Morgan fingerprint density at radius 3 is 2.65 bits per heavy atom. The first-order valence-electron chi connectivity index (χ1n) is 5.56. The Balaban J connectivity index is 3.26. The molecule has 0 aromatic carbocycles. The number of hydrogen-bond donors (Lipinski definition) is 0. The molecule has 0 saturated heterocycles. The van der Waals surface area contributed by atoms with Crippen molar-refractivity contribution >= 4 is 11.8 Å². The molecule has 0 spiro atoms. The molecule has 0 unspecified atom stereocenters. The van der Waals surface area contributed by atoms with Crippen molar-refractivity contribution in [1.29, 1.82) is 0 Å². The maximum atomic E-state index is 12.7. The fraction of sp³-hybridized carbons (Fsp3) is 0.455. The molecular weight excluding hydrogens is 278 g/mol. The van der Waals surface area contributed by atoms with E-state index in [4.69, 9.17) is 4.74 Å². The lowest BCUT2D eigenvalue weighted by atomic mass is 10.2. The first kappa shape index (κ1) is 15.7. The minimum atomic E-state index is -3.08. The summed E-state index contributed by atoms with van der Waals surface area (Å²) in [5.74, 6) is -1.81. The van der Waals surface area contributed by atoms with Crippen LogP contribution in [0.3, 0.4) is 0 Å². The lowest BCUT2D eigenvalue weighted by Gasteiger charge is -2.08. The van der Waals surface area contributed by atoms with Crippen LogP contribution < -0.4 is 4.74 Å². The predicted octanol–water partition coefficient (Wildman–Crippen LogP) is 2.04. The number of ether oxygens (including phenoxy) is 2. The van der Waals surface area contributed by atoms with Crippen LogP contribution in [0.4, 0.5) is 14.6 Å². The SMILES string of the molecule is CCOC(=O)Cc1nc([N+](=O)[O-])c(C(F)F)cc1OC. The van der Waals surface area contributed by atoms with Crippen LogP contribution in [0.1, 0.15) is 24.6 Å². The lowest BCUT2D eigenvalue weighted by molar-refractivity contribution is -0.391. The maximum Gasteiger partial charge on any atom is 0.372 e. The van der Waals surface area contributed by atoms with Crippen LogP contribution in [0.15, 0.2) is 6.07 Å². The number of carbonyl (C=O) groups excluding carboxylic acids is 1. The molecule has 7 nitrogen and oxygen atoms in total. The van der Waals surface area contributed by atoms with Crippen molar-refractivity contribution < 1.29 is 28.0 Å². The number of nitro groups is 1. The zero-order valence-electron chi connectivity index (χ0n) is 10.8. The van der Waals surface area contributed by atoms with Crippen molar-refractivity contribution in [3.05, 3.63) is 27.4 Å². The summed E-state index contributed by atoms with van der Waals surface area (Å²) in [5, 5.41) is 10.7. The zero-order chi connectivity index (χ0) is 15.3. The molecule has 0 aliphatic carbocycles. The van der Waals surface area contributed by atoms with Crippen LogP contribution in [0.25, 0.3) is 0 Å². The van der Waals surface area contributed by atoms with Crippen molar-refractivity contribution in [2.75, 3.05) is 13.7 Å². The zero-order valence-corrected chi connectivity index (χ0v) is 10.8. The van der Waals surface area contributed by atoms with E-state index in [0.29, 0.717) is 0 Å². The Hall–Kier alpha value is -2.32. The standard InChI is InChI=1S/C11H12F2N2O5/c1-3-20-9(16)5-7-8(19-2)4-6(10(12)13)11(14-7)15(17)18/h4,10H,3,5H2,1-2H3. The van der Waals surface area contributed by atoms with Crippen LogP contribution >= 0.6 is 0 Å². The molecule has 0 aliphatic heterocycles. The van der Waals surface area contributed by atoms with Crippen molar-refractivity contribution in [3.8, 4) is 5.75 Å². The van der Waals surface area contributed by atoms with Crippen LogP contribution in [-0.2, 0) is 16.0 Å². The molecule has 1 rings (SSSR count). The highest BCUT2D eigenvalue weighted by molar-refractivity contribution is 5.73. The highest BCUT2D eigenvalue weighted by atomic mass is 19.3. The molecule has 0 saturated carbocycles. The average Bonchev–Trinajstić information content (AvgIpc) is 2.38. The third-order valence-corrected chi connectivity index (χ3v) is 2.32. The largest absolute Gasteiger partial charge is 0.492 e. The van der Waals surface area contributed by atoms with Crippen molar-refractivity contribution in [3.63, 3.8) is 0 Å². The van der Waals surface area contributed by atoms with Gasteiger partial charge in [0.15, 0.2) is 5.75 Å². The Kier molecular flexibility index (Phi) is 5.30. The number of pyridine rings is 1. The second-order valence-electron chi connectivity index (χ2n) is 3.59. The number of nitrogens with zero attached hydrogens (tertiary/aromatic N) is 2. The quantitative estimate of drug-likeness (QED) is 0.452. The number of alkyl halides is 2. The first-order valence-corrected chi connectivity index (χ1v) is 5.56. The van der Waals surface area contributed by atoms with E-state index in [1.54, 1.807) is 6.92 Å². The first-order chi connectivity index (χ1) is 9.40. The minimum Gasteiger partial charge on any atom is -0.492 e. The highest BCUT2D eigenvalue weighted by Gasteiger charge is 2.29. The molecular formula is C11H12F2N2O5. The van der Waals surface area contributed by atoms with Gasteiger partial charge in [0.05, 0.1) is 13.7 Å². The molecule has 1 heterocycles. The van der Waals surface area contributed by atoms with Crippen LogP contribution in [0.2, 0.25) is 0 Å². The number of esters is 1. The molecule has 0 bridgehead atoms. The summed E-state index contributed by atoms with van der Waals surface area (Å²) in [6.07, 6.45) is -3.48. The van der Waals surface area contributed by atoms with Gasteiger partial charge in [-0.15, -0.1) is 0 Å². The van der Waals surface area contributed by atoms with E-state index >= 15 is 0 Å². The van der Waals surface area contributed by atoms with Gasteiger partial charge in [-0.25, -0.2) is 8.78 Å². The van der Waals surface area contributed by atoms with Gasteiger partial charge in [0.25, 0.3) is 6.43 Å². The predicted molar refractivity (Wildman–Crippen MR) is 62.7 cm³/mol. The number of hydrogen-bond acceptors (Lipinski definition) is 6. The van der Waals surface area contributed by atoms with E-state index in [-0.39, 0.29) is 18.1 Å². The molecule has 1 aromatic heterocycles. The van der Waals surface area contributed by atoms with Crippen molar-refractivity contribution in [1.82, 2.24) is 4.98 Å². The Bertz CT molecular complexity index is 522. The molecule has 0 atom stereocenters. The number of rotatable bonds is 6. The van der Waals surface area contributed by atoms with Crippen molar-refractivity contribution in [2.24, 2.45) is 0 Å². The maximum absolute atomic E-state index is 12.7. The summed E-state index contributed by atoms with van der Waals surface area (Å²) in [6.45, 7) is 1.71. The van der Waals surface area contributed by atoms with E-state index in [9.17, 15) is 23.7 Å². The summed E-state index contributed by atoms with van der Waals surface area (Å²) >= 11 is 0. The number of aromatic nitrogens is 1. The molecule has 0 fully saturated rings. The van der Waals surface area contributed by atoms with Gasteiger partial charge >= 0.3 is 11.8 Å². The molecule has 0 aliphatic rings. The molecule has 0 N–H and O–H groups in total. The summed E-state index contributed by atoms with van der Waals surface area (Å²) in [7, 11) is 1.19. The van der Waals surface area contributed by atoms with E-state index in [0.717, 1.165) is 6.07 Å². The average molecular weight is 290 g/mol.